The molecule has 1 aromatic rings. The summed E-state index contributed by atoms with van der Waals surface area (Å²) >= 11 is 11.8. The summed E-state index contributed by atoms with van der Waals surface area (Å²) in [6.45, 7) is 2.72. The highest BCUT2D eigenvalue weighted by molar-refractivity contribution is 6.36. The van der Waals surface area contributed by atoms with E-state index >= 15 is 0 Å². The van der Waals surface area contributed by atoms with Gasteiger partial charge in [-0.05, 0) is 12.5 Å². The Balaban J connectivity index is 2.64. The summed E-state index contributed by atoms with van der Waals surface area (Å²) < 4.78 is 5.44. The first-order valence-electron chi connectivity index (χ1n) is 5.14. The number of pyridine rings is 1. The molecule has 16 heavy (non-hydrogen) atoms. The Morgan fingerprint density at radius 3 is 2.75 bits per heavy atom. The van der Waals surface area contributed by atoms with E-state index in [0.717, 1.165) is 19.3 Å². The number of hydrogen-bond donors (Lipinski definition) is 2. The van der Waals surface area contributed by atoms with Crippen molar-refractivity contribution in [3.8, 4) is 5.88 Å². The lowest BCUT2D eigenvalue weighted by Crippen LogP contribution is -2.10. The van der Waals surface area contributed by atoms with Gasteiger partial charge in [0.25, 0.3) is 0 Å². The second-order valence-corrected chi connectivity index (χ2v) is 4.12. The molecule has 0 aliphatic rings. The number of nitrogens with zero attached hydrogens (tertiary/aromatic N) is 1. The van der Waals surface area contributed by atoms with Gasteiger partial charge in [0.1, 0.15) is 5.02 Å². The highest BCUT2D eigenvalue weighted by Gasteiger charge is 2.09. The molecule has 0 radical (unpaired) electrons. The normalized spacial score (nSPS) is 10.2. The minimum Gasteiger partial charge on any atom is -0.477 e. The van der Waals surface area contributed by atoms with Crippen LogP contribution in [0.5, 0.6) is 5.88 Å². The molecule has 0 saturated carbocycles. The Morgan fingerprint density at radius 1 is 1.38 bits per heavy atom. The SMILES string of the molecule is CCCCCOc1nc(NN)c(Cl)cc1Cl. The summed E-state index contributed by atoms with van der Waals surface area (Å²) in [5, 5.41) is 0.758. The number of rotatable bonds is 6. The maximum Gasteiger partial charge on any atom is 0.234 e. The highest BCUT2D eigenvalue weighted by atomic mass is 35.5. The molecule has 0 aromatic carbocycles. The van der Waals surface area contributed by atoms with E-state index in [4.69, 9.17) is 33.8 Å². The molecule has 0 aliphatic carbocycles. The van der Waals surface area contributed by atoms with Gasteiger partial charge >= 0.3 is 0 Å². The maximum absolute atomic E-state index is 5.93. The van der Waals surface area contributed by atoms with Crippen molar-refractivity contribution >= 4 is 29.0 Å². The zero-order valence-corrected chi connectivity index (χ0v) is 10.6. The first-order valence-corrected chi connectivity index (χ1v) is 5.90. The first-order chi connectivity index (χ1) is 7.69. The average Bonchev–Trinajstić information content (AvgIpc) is 2.27. The molecule has 0 spiro atoms. The van der Waals surface area contributed by atoms with Crippen molar-refractivity contribution in [1.29, 1.82) is 0 Å². The number of hydrogen-bond acceptors (Lipinski definition) is 4. The summed E-state index contributed by atoms with van der Waals surface area (Å²) in [7, 11) is 0. The number of nitrogens with two attached hydrogens (primary N) is 1. The molecule has 1 aromatic heterocycles. The molecule has 0 aliphatic heterocycles. The maximum atomic E-state index is 5.93. The van der Waals surface area contributed by atoms with E-state index in [1.807, 2.05) is 0 Å². The zero-order chi connectivity index (χ0) is 12.0. The van der Waals surface area contributed by atoms with Gasteiger partial charge in [-0.2, -0.15) is 4.98 Å². The minimum atomic E-state index is 0.357. The number of anilines is 1. The van der Waals surface area contributed by atoms with Crippen molar-refractivity contribution in [2.24, 2.45) is 5.84 Å². The summed E-state index contributed by atoms with van der Waals surface area (Å²) in [5.41, 5.74) is 2.38. The van der Waals surface area contributed by atoms with Crippen LogP contribution in [0.15, 0.2) is 6.07 Å². The predicted molar refractivity (Wildman–Crippen MR) is 67.1 cm³/mol. The van der Waals surface area contributed by atoms with Crippen molar-refractivity contribution in [3.63, 3.8) is 0 Å². The van der Waals surface area contributed by atoms with Crippen molar-refractivity contribution < 1.29 is 4.74 Å². The molecule has 3 N–H and O–H groups in total. The van der Waals surface area contributed by atoms with Crippen LogP contribution in [0.2, 0.25) is 10.0 Å². The van der Waals surface area contributed by atoms with Crippen LogP contribution >= 0.6 is 23.2 Å². The second kappa shape index (κ2) is 6.78. The molecule has 0 atom stereocenters. The third-order valence-corrected chi connectivity index (χ3v) is 2.58. The number of aromatic nitrogens is 1. The van der Waals surface area contributed by atoms with Gasteiger partial charge < -0.3 is 10.2 Å². The smallest absolute Gasteiger partial charge is 0.234 e. The summed E-state index contributed by atoms with van der Waals surface area (Å²) in [4.78, 5) is 4.07. The van der Waals surface area contributed by atoms with Gasteiger partial charge in [0.05, 0.1) is 11.6 Å². The molecule has 0 fully saturated rings. The van der Waals surface area contributed by atoms with Crippen LogP contribution in [-0.4, -0.2) is 11.6 Å². The van der Waals surface area contributed by atoms with Gasteiger partial charge in [-0.15, -0.1) is 0 Å². The third-order valence-electron chi connectivity index (χ3n) is 2.02. The lowest BCUT2D eigenvalue weighted by Gasteiger charge is -2.09. The van der Waals surface area contributed by atoms with Gasteiger partial charge in [0.2, 0.25) is 5.88 Å². The van der Waals surface area contributed by atoms with Gasteiger partial charge in [0, 0.05) is 0 Å². The standard InChI is InChI=1S/C10H15Cl2N3O/c1-2-3-4-5-16-10-8(12)6-7(11)9(14-10)15-13/h6H,2-5,13H2,1H3,(H,14,15). The zero-order valence-electron chi connectivity index (χ0n) is 9.09. The van der Waals surface area contributed by atoms with Gasteiger partial charge in [-0.1, -0.05) is 43.0 Å². The van der Waals surface area contributed by atoms with E-state index in [1.54, 1.807) is 6.07 Å². The molecule has 6 heteroatoms. The van der Waals surface area contributed by atoms with Crippen molar-refractivity contribution in [2.75, 3.05) is 12.0 Å². The molecule has 0 unspecified atom stereocenters. The van der Waals surface area contributed by atoms with E-state index in [9.17, 15) is 0 Å². The monoisotopic (exact) mass is 263 g/mol. The fraction of sp³-hybridized carbons (Fsp3) is 0.500. The number of ether oxygens (including phenoxy) is 1. The van der Waals surface area contributed by atoms with Crippen LogP contribution in [0.1, 0.15) is 26.2 Å². The molecule has 0 bridgehead atoms. The van der Waals surface area contributed by atoms with Crippen LogP contribution < -0.4 is 16.0 Å². The Kier molecular flexibility index (Phi) is 5.66. The summed E-state index contributed by atoms with van der Waals surface area (Å²) in [5.74, 6) is 5.96. The molecule has 0 amide bonds. The van der Waals surface area contributed by atoms with Crippen LogP contribution in [0.4, 0.5) is 5.82 Å². The van der Waals surface area contributed by atoms with Crippen LogP contribution in [0.3, 0.4) is 0 Å². The number of unbranched alkanes of at least 4 members (excludes halogenated alkanes) is 2. The molecular formula is C10H15Cl2N3O. The summed E-state index contributed by atoms with van der Waals surface area (Å²) in [6, 6.07) is 1.56. The third kappa shape index (κ3) is 3.70. The molecule has 90 valence electrons. The van der Waals surface area contributed by atoms with Crippen LogP contribution in [0.25, 0.3) is 0 Å². The molecule has 1 heterocycles. The minimum absolute atomic E-state index is 0.357. The highest BCUT2D eigenvalue weighted by Crippen LogP contribution is 2.30. The number of hydrazine groups is 1. The topological polar surface area (TPSA) is 60.2 Å². The number of nitrogen functional groups attached to an aromatic ring is 1. The largest absolute Gasteiger partial charge is 0.477 e. The summed E-state index contributed by atoms with van der Waals surface area (Å²) in [6.07, 6.45) is 3.23. The molecule has 1 rings (SSSR count). The predicted octanol–water partition coefficient (Wildman–Crippen LogP) is 3.24. The van der Waals surface area contributed by atoms with E-state index in [2.05, 4.69) is 17.3 Å². The van der Waals surface area contributed by atoms with E-state index in [0.29, 0.717) is 28.3 Å². The fourth-order valence-corrected chi connectivity index (χ4v) is 1.64. The van der Waals surface area contributed by atoms with Gasteiger partial charge in [-0.25, -0.2) is 5.84 Å². The lowest BCUT2D eigenvalue weighted by atomic mass is 10.3. The number of halogens is 2. The molecular weight excluding hydrogens is 249 g/mol. The van der Waals surface area contributed by atoms with Gasteiger partial charge in [-0.3, -0.25) is 0 Å². The van der Waals surface area contributed by atoms with Crippen molar-refractivity contribution in [2.45, 2.75) is 26.2 Å². The second-order valence-electron chi connectivity index (χ2n) is 3.31. The Labute approximate surface area is 105 Å². The van der Waals surface area contributed by atoms with E-state index in [-0.39, 0.29) is 0 Å². The van der Waals surface area contributed by atoms with Crippen LogP contribution in [-0.2, 0) is 0 Å². The molecule has 0 saturated heterocycles. The van der Waals surface area contributed by atoms with E-state index in [1.165, 1.54) is 0 Å². The van der Waals surface area contributed by atoms with Gasteiger partial charge in [0.15, 0.2) is 5.82 Å². The lowest BCUT2D eigenvalue weighted by molar-refractivity contribution is 0.295. The molecule has 4 nitrogen and oxygen atoms in total. The van der Waals surface area contributed by atoms with E-state index < -0.39 is 0 Å². The van der Waals surface area contributed by atoms with Crippen molar-refractivity contribution in [1.82, 2.24) is 4.98 Å². The Morgan fingerprint density at radius 2 is 2.12 bits per heavy atom. The fourth-order valence-electron chi connectivity index (χ4n) is 1.17. The quantitative estimate of drug-likeness (QED) is 0.470. The van der Waals surface area contributed by atoms with Crippen molar-refractivity contribution in [3.05, 3.63) is 16.1 Å². The van der Waals surface area contributed by atoms with Crippen LogP contribution in [0, 0.1) is 0 Å². The number of nitrogens with one attached hydrogen (secondary N) is 1. The Bertz CT molecular complexity index is 347. The first kappa shape index (κ1) is 13.4. The average molecular weight is 264 g/mol. The Hall–Kier alpha value is -0.710.